The largest absolute Gasteiger partial charge is 0.495 e. The number of nitrogens with one attached hydrogen (secondary N) is 1. The minimum atomic E-state index is -3.89. The van der Waals surface area contributed by atoms with Crippen molar-refractivity contribution in [3.8, 4) is 5.75 Å². The smallest absolute Gasteiger partial charge is 0.244 e. The number of rotatable bonds is 11. The van der Waals surface area contributed by atoms with Gasteiger partial charge in [-0.1, -0.05) is 61.7 Å². The van der Waals surface area contributed by atoms with Crippen molar-refractivity contribution in [1.82, 2.24) is 10.2 Å². The van der Waals surface area contributed by atoms with Crippen molar-refractivity contribution in [1.29, 1.82) is 0 Å². The van der Waals surface area contributed by atoms with Gasteiger partial charge >= 0.3 is 0 Å². The van der Waals surface area contributed by atoms with Crippen molar-refractivity contribution in [2.75, 3.05) is 24.2 Å². The Balaban J connectivity index is 1.95. The first-order chi connectivity index (χ1) is 17.1. The van der Waals surface area contributed by atoms with Crippen LogP contribution in [-0.4, -0.2) is 57.1 Å². The van der Waals surface area contributed by atoms with Gasteiger partial charge in [0.25, 0.3) is 0 Å². The standard InChI is InChI=1S/C26H34ClN3O5S/c1-4-22(26(32)28-21-12-8-9-13-21)29(17-19-10-6-5-7-11-19)25(31)18-30(36(3,33)34)23-16-20(27)14-15-24(23)35-2/h5-7,10-11,14-16,21-22H,4,8-9,12-13,17-18H2,1-3H3,(H,28,32). The van der Waals surface area contributed by atoms with Crippen molar-refractivity contribution in [2.24, 2.45) is 0 Å². The number of halogens is 1. The lowest BCUT2D eigenvalue weighted by Gasteiger charge is -2.33. The SMILES string of the molecule is CCC(C(=O)NC1CCCC1)N(Cc1ccccc1)C(=O)CN(c1cc(Cl)ccc1OC)S(C)(=O)=O. The molecule has 0 aromatic heterocycles. The highest BCUT2D eigenvalue weighted by molar-refractivity contribution is 7.92. The van der Waals surface area contributed by atoms with E-state index >= 15 is 0 Å². The maximum atomic E-state index is 13.8. The van der Waals surface area contributed by atoms with E-state index < -0.39 is 28.5 Å². The number of hydrogen-bond acceptors (Lipinski definition) is 5. The van der Waals surface area contributed by atoms with E-state index in [1.165, 1.54) is 18.1 Å². The average molecular weight is 536 g/mol. The third-order valence-electron chi connectivity index (χ3n) is 6.37. The molecule has 2 aromatic rings. The Morgan fingerprint density at radius 1 is 1.14 bits per heavy atom. The summed E-state index contributed by atoms with van der Waals surface area (Å²) in [6.45, 7) is 1.51. The summed E-state index contributed by atoms with van der Waals surface area (Å²) in [5.41, 5.74) is 0.994. The minimum Gasteiger partial charge on any atom is -0.495 e. The first-order valence-electron chi connectivity index (χ1n) is 12.1. The summed E-state index contributed by atoms with van der Waals surface area (Å²) in [6, 6.07) is 13.3. The molecule has 1 unspecified atom stereocenters. The Hall–Kier alpha value is -2.78. The van der Waals surface area contributed by atoms with Crippen LogP contribution in [0.15, 0.2) is 48.5 Å². The molecular weight excluding hydrogens is 502 g/mol. The summed E-state index contributed by atoms with van der Waals surface area (Å²) in [4.78, 5) is 28.5. The van der Waals surface area contributed by atoms with E-state index in [0.29, 0.717) is 11.4 Å². The molecule has 196 valence electrons. The Kier molecular flexibility index (Phi) is 9.62. The third-order valence-corrected chi connectivity index (χ3v) is 7.73. The monoisotopic (exact) mass is 535 g/mol. The predicted octanol–water partition coefficient (Wildman–Crippen LogP) is 3.98. The van der Waals surface area contributed by atoms with E-state index in [1.54, 1.807) is 12.1 Å². The van der Waals surface area contributed by atoms with Crippen LogP contribution in [0, 0.1) is 0 Å². The molecule has 36 heavy (non-hydrogen) atoms. The minimum absolute atomic E-state index is 0.100. The maximum absolute atomic E-state index is 13.8. The molecule has 0 heterocycles. The number of sulfonamides is 1. The summed E-state index contributed by atoms with van der Waals surface area (Å²) in [7, 11) is -2.48. The van der Waals surface area contributed by atoms with Crippen LogP contribution in [-0.2, 0) is 26.2 Å². The molecule has 2 amide bonds. The maximum Gasteiger partial charge on any atom is 0.244 e. The molecule has 0 spiro atoms. The molecule has 0 bridgehead atoms. The van der Waals surface area contributed by atoms with E-state index in [1.807, 2.05) is 37.3 Å². The molecule has 3 rings (SSSR count). The van der Waals surface area contributed by atoms with E-state index in [2.05, 4.69) is 5.32 Å². The summed E-state index contributed by atoms with van der Waals surface area (Å²) in [6.07, 6.45) is 5.39. The first kappa shape index (κ1) is 27.8. The van der Waals surface area contributed by atoms with Gasteiger partial charge in [-0.2, -0.15) is 0 Å². The van der Waals surface area contributed by atoms with Crippen LogP contribution < -0.4 is 14.4 Å². The van der Waals surface area contributed by atoms with Gasteiger partial charge in [0.15, 0.2) is 0 Å². The van der Waals surface area contributed by atoms with Crippen molar-refractivity contribution >= 4 is 39.1 Å². The van der Waals surface area contributed by atoms with Gasteiger partial charge in [-0.15, -0.1) is 0 Å². The fourth-order valence-electron chi connectivity index (χ4n) is 4.52. The number of anilines is 1. The highest BCUT2D eigenvalue weighted by Gasteiger charge is 2.33. The molecular formula is C26H34ClN3O5S. The molecule has 1 aliphatic carbocycles. The highest BCUT2D eigenvalue weighted by Crippen LogP contribution is 2.33. The van der Waals surface area contributed by atoms with Crippen LogP contribution in [0.1, 0.15) is 44.6 Å². The van der Waals surface area contributed by atoms with E-state index in [9.17, 15) is 18.0 Å². The van der Waals surface area contributed by atoms with Gasteiger partial charge in [0.1, 0.15) is 18.3 Å². The third kappa shape index (κ3) is 7.13. The second-order valence-corrected chi connectivity index (χ2v) is 11.4. The molecule has 10 heteroatoms. The van der Waals surface area contributed by atoms with E-state index in [0.717, 1.165) is 41.8 Å². The average Bonchev–Trinajstić information content (AvgIpc) is 3.35. The van der Waals surface area contributed by atoms with E-state index in [4.69, 9.17) is 16.3 Å². The topological polar surface area (TPSA) is 96.0 Å². The van der Waals surface area contributed by atoms with Gasteiger partial charge < -0.3 is 15.0 Å². The lowest BCUT2D eigenvalue weighted by Crippen LogP contribution is -2.53. The molecule has 2 aromatic carbocycles. The van der Waals surface area contributed by atoms with Crippen LogP contribution in [0.25, 0.3) is 0 Å². The van der Waals surface area contributed by atoms with Crippen molar-refractivity contribution < 1.29 is 22.7 Å². The number of benzene rings is 2. The Bertz CT molecular complexity index is 1150. The molecule has 1 fully saturated rings. The summed E-state index contributed by atoms with van der Waals surface area (Å²) in [5, 5.41) is 3.39. The summed E-state index contributed by atoms with van der Waals surface area (Å²) < 4.78 is 31.9. The van der Waals surface area contributed by atoms with Crippen LogP contribution in [0.4, 0.5) is 5.69 Å². The molecule has 1 aliphatic rings. The lowest BCUT2D eigenvalue weighted by molar-refractivity contribution is -0.140. The molecule has 1 N–H and O–H groups in total. The number of hydrogen-bond donors (Lipinski definition) is 1. The van der Waals surface area contributed by atoms with E-state index in [-0.39, 0.29) is 29.9 Å². The number of methoxy groups -OCH3 is 1. The van der Waals surface area contributed by atoms with Gasteiger partial charge in [-0.25, -0.2) is 8.42 Å². The molecule has 8 nitrogen and oxygen atoms in total. The Morgan fingerprint density at radius 3 is 2.39 bits per heavy atom. The van der Waals surface area contributed by atoms with Crippen molar-refractivity contribution in [3.05, 3.63) is 59.1 Å². The fourth-order valence-corrected chi connectivity index (χ4v) is 5.53. The van der Waals surface area contributed by atoms with Crippen molar-refractivity contribution in [3.63, 3.8) is 0 Å². The molecule has 1 saturated carbocycles. The molecule has 1 atom stereocenters. The molecule has 0 aliphatic heterocycles. The van der Waals surface area contributed by atoms with Gasteiger partial charge in [-0.05, 0) is 43.0 Å². The zero-order chi connectivity index (χ0) is 26.3. The fraction of sp³-hybridized carbons (Fsp3) is 0.462. The zero-order valence-corrected chi connectivity index (χ0v) is 22.5. The zero-order valence-electron chi connectivity index (χ0n) is 20.9. The van der Waals surface area contributed by atoms with Crippen LogP contribution in [0.3, 0.4) is 0 Å². The van der Waals surface area contributed by atoms with Gasteiger partial charge in [0.2, 0.25) is 21.8 Å². The number of nitrogens with zero attached hydrogens (tertiary/aromatic N) is 2. The highest BCUT2D eigenvalue weighted by atomic mass is 35.5. The Morgan fingerprint density at radius 2 is 1.81 bits per heavy atom. The van der Waals surface area contributed by atoms with Crippen LogP contribution in [0.2, 0.25) is 5.02 Å². The van der Waals surface area contributed by atoms with Crippen LogP contribution >= 0.6 is 11.6 Å². The number of carbonyl (C=O) groups is 2. The summed E-state index contributed by atoms with van der Waals surface area (Å²) >= 11 is 6.14. The first-order valence-corrected chi connectivity index (χ1v) is 14.3. The van der Waals surface area contributed by atoms with Crippen LogP contribution in [0.5, 0.6) is 5.75 Å². The predicted molar refractivity (Wildman–Crippen MR) is 142 cm³/mol. The molecule has 0 saturated heterocycles. The number of carbonyl (C=O) groups excluding carboxylic acids is 2. The second-order valence-electron chi connectivity index (χ2n) is 9.01. The van der Waals surface area contributed by atoms with Gasteiger partial charge in [0.05, 0.1) is 19.1 Å². The number of amides is 2. The lowest BCUT2D eigenvalue weighted by atomic mass is 10.1. The van der Waals surface area contributed by atoms with Gasteiger partial charge in [-0.3, -0.25) is 13.9 Å². The quantitative estimate of drug-likeness (QED) is 0.469. The normalized spacial score (nSPS) is 14.8. The summed E-state index contributed by atoms with van der Waals surface area (Å²) in [5.74, 6) is -0.460. The Labute approximate surface area is 218 Å². The molecule has 0 radical (unpaired) electrons. The van der Waals surface area contributed by atoms with Crippen molar-refractivity contribution in [2.45, 2.75) is 57.7 Å². The number of ether oxygens (including phenoxy) is 1. The second kappa shape index (κ2) is 12.5. The van der Waals surface area contributed by atoms with Gasteiger partial charge in [0, 0.05) is 17.6 Å².